The number of anilines is 4. The molecule has 27 heteroatoms. The summed E-state index contributed by atoms with van der Waals surface area (Å²) in [6, 6.07) is 45.4. The van der Waals surface area contributed by atoms with Crippen LogP contribution in [-0.2, 0) is 42.9 Å². The summed E-state index contributed by atoms with van der Waals surface area (Å²) in [6.07, 6.45) is 7.53. The number of Topliss-reactive ketones (excluding diaryl/α,β-unsaturated/α-hetero) is 1. The third-order valence-corrected chi connectivity index (χ3v) is 18.7. The van der Waals surface area contributed by atoms with Crippen molar-refractivity contribution in [3.8, 4) is 0 Å². The van der Waals surface area contributed by atoms with Gasteiger partial charge < -0.3 is 69.4 Å². The molecule has 622 valence electrons. The summed E-state index contributed by atoms with van der Waals surface area (Å²) in [6.45, 7) is 28.0. The number of carboxylic acid groups (broad SMARTS) is 1. The Bertz CT molecular complexity index is 4110. The number of carbonyl (C=O) groups is 9. The smallest absolute Gasteiger partial charge is 0.413 e. The molecular weight excluding hydrogens is 1450 g/mol. The molecule has 4 fully saturated rings. The fourth-order valence-electron chi connectivity index (χ4n) is 13.1. The predicted molar refractivity (Wildman–Crippen MR) is 446 cm³/mol. The van der Waals surface area contributed by atoms with E-state index >= 15 is 0 Å². The topological polar surface area (TPSA) is 316 Å². The number of ether oxygens (including phenoxy) is 4. The van der Waals surface area contributed by atoms with Gasteiger partial charge in [-0.1, -0.05) is 129 Å². The molecule has 6 heterocycles. The summed E-state index contributed by atoms with van der Waals surface area (Å²) in [5.41, 5.74) is 4.09. The molecule has 4 saturated heterocycles. The number of aliphatic carboxylic acids is 1. The number of benzene rings is 4. The molecule has 0 bridgehead atoms. The van der Waals surface area contributed by atoms with E-state index in [0.29, 0.717) is 66.7 Å². The van der Waals surface area contributed by atoms with Crippen LogP contribution in [0.2, 0.25) is 0 Å². The van der Waals surface area contributed by atoms with E-state index in [0.717, 1.165) is 55.9 Å². The number of hydrogen-bond acceptors (Lipinski definition) is 19. The number of carbonyl (C=O) groups excluding carboxylic acids is 8. The first-order valence-electron chi connectivity index (χ1n) is 38.5. The van der Waals surface area contributed by atoms with Crippen molar-refractivity contribution in [2.24, 2.45) is 0 Å². The summed E-state index contributed by atoms with van der Waals surface area (Å²) in [5.74, 6) is -3.28. The molecule has 0 spiro atoms. The molecule has 1 unspecified atom stereocenters. The Morgan fingerprint density at radius 3 is 1.18 bits per heavy atom. The van der Waals surface area contributed by atoms with E-state index in [1.807, 2.05) is 139 Å². The van der Waals surface area contributed by atoms with E-state index in [1.165, 1.54) is 42.4 Å². The number of amides is 7. The van der Waals surface area contributed by atoms with E-state index in [2.05, 4.69) is 122 Å². The maximum Gasteiger partial charge on any atom is 0.413 e. The average Bonchev–Trinajstić information content (AvgIpc) is 0.808. The number of ketones is 1. The standard InChI is InChI=1S/C26H35N5O4.C18H28N2O2.C16H21NO3.C13H17N3O5.C13H20N2.CH4/c1-17-14-19(16-27-22(17)29-25(34)35-26(2,3)4)28-23(32)24(33)31-13-12-20(30(5)6)15-21(31)18-10-8-7-9-11-18;1-18(2,3)22-17(21)20-12-11-15(19(4)5)13-16(20)14-9-7-6-8-10-14;1-16(2,3)20-15(19)17-10-9-13(18)11-14(17)12-7-5-4-6-8-12;1-7-5-8(15-10(17)11(18)19)6-14-9(7)16-12(20)21-13(2,3)4;1-15(2)12-8-9-14-13(10-12)11-6-4-3-5-7-11;/h7-11,14,16,20-21H,12-13,15H2,1-6H3,(H,28,32)(H,27,29,34);6-10,15-16H,11-13H2,1-5H3;4-8,14H,9-11H2,1-3H3;5-6H,1-4H3,(H,15,17)(H,18,19)(H,14,16,20);3-7,12-14H,8-10H2,1-2H3;1H4/t20-,21-;15-,16-;;;12-,13-;/m11..1./s1. The lowest BCUT2D eigenvalue weighted by molar-refractivity contribution is -0.147. The molecule has 2 aromatic heterocycles. The number of aromatic nitrogens is 2. The maximum atomic E-state index is 13.2. The Morgan fingerprint density at radius 2 is 0.807 bits per heavy atom. The Labute approximate surface area is 675 Å². The first-order valence-corrected chi connectivity index (χ1v) is 38.5. The number of piperidine rings is 4. The fourth-order valence-corrected chi connectivity index (χ4v) is 13.1. The van der Waals surface area contributed by atoms with Gasteiger partial charge in [0.05, 0.1) is 41.9 Å². The number of aryl methyl sites for hydroxylation is 2. The van der Waals surface area contributed by atoms with Crippen molar-refractivity contribution in [1.82, 2.24) is 44.7 Å². The molecule has 114 heavy (non-hydrogen) atoms. The second-order valence-electron chi connectivity index (χ2n) is 33.2. The Balaban J connectivity index is 0.000000261. The highest BCUT2D eigenvalue weighted by Crippen LogP contribution is 2.37. The van der Waals surface area contributed by atoms with Crippen LogP contribution in [0.25, 0.3) is 0 Å². The highest BCUT2D eigenvalue weighted by molar-refractivity contribution is 6.39. The maximum absolute atomic E-state index is 13.2. The Hall–Kier alpha value is -10.3. The van der Waals surface area contributed by atoms with Crippen molar-refractivity contribution in [3.63, 3.8) is 0 Å². The van der Waals surface area contributed by atoms with Gasteiger partial charge in [-0.25, -0.2) is 33.9 Å². The normalized spacial score (nSPS) is 19.0. The summed E-state index contributed by atoms with van der Waals surface area (Å²) >= 11 is 0. The summed E-state index contributed by atoms with van der Waals surface area (Å²) in [5, 5.41) is 22.0. The number of carboxylic acids is 1. The zero-order chi connectivity index (χ0) is 83.7. The van der Waals surface area contributed by atoms with Gasteiger partial charge in [0.15, 0.2) is 0 Å². The number of nitrogens with zero attached hydrogens (tertiary/aromatic N) is 8. The molecule has 4 aromatic carbocycles. The van der Waals surface area contributed by atoms with E-state index in [-0.39, 0.29) is 55.0 Å². The highest BCUT2D eigenvalue weighted by atomic mass is 16.6. The van der Waals surface area contributed by atoms with Gasteiger partial charge in [0.1, 0.15) is 39.8 Å². The van der Waals surface area contributed by atoms with Gasteiger partial charge in [0.2, 0.25) is 0 Å². The molecular formula is C87H125N13O14. The quantitative estimate of drug-likeness (QED) is 0.0518. The van der Waals surface area contributed by atoms with Crippen LogP contribution in [-0.4, -0.2) is 207 Å². The number of nitrogens with one attached hydrogen (secondary N) is 5. The van der Waals surface area contributed by atoms with Gasteiger partial charge in [0.25, 0.3) is 0 Å². The summed E-state index contributed by atoms with van der Waals surface area (Å²) < 4.78 is 21.4. The van der Waals surface area contributed by atoms with E-state index in [1.54, 1.807) is 71.3 Å². The monoisotopic (exact) mass is 1580 g/mol. The van der Waals surface area contributed by atoms with Gasteiger partial charge in [-0.05, 0) is 230 Å². The van der Waals surface area contributed by atoms with Gasteiger partial charge in [-0.2, -0.15) is 0 Å². The molecule has 6 aromatic rings. The van der Waals surface area contributed by atoms with Crippen LogP contribution in [0.4, 0.5) is 42.2 Å². The lowest BCUT2D eigenvalue weighted by atomic mass is 9.91. The van der Waals surface area contributed by atoms with Gasteiger partial charge >= 0.3 is 48.1 Å². The number of hydrogen-bond donors (Lipinski definition) is 6. The predicted octanol–water partition coefficient (Wildman–Crippen LogP) is 15.4. The fraction of sp³-hybridized carbons (Fsp3) is 0.506. The van der Waals surface area contributed by atoms with Gasteiger partial charge in [-0.15, -0.1) is 0 Å². The first kappa shape index (κ1) is 94.2. The van der Waals surface area contributed by atoms with Crippen LogP contribution in [0.15, 0.2) is 146 Å². The number of likely N-dealkylation sites (tertiary alicyclic amines) is 3. The molecule has 0 radical (unpaired) electrons. The molecule has 27 nitrogen and oxygen atoms in total. The molecule has 7 amide bonds. The molecule has 0 saturated carbocycles. The van der Waals surface area contributed by atoms with E-state index in [9.17, 15) is 43.2 Å². The van der Waals surface area contributed by atoms with Crippen molar-refractivity contribution in [2.45, 2.75) is 220 Å². The van der Waals surface area contributed by atoms with Crippen molar-refractivity contribution in [1.29, 1.82) is 0 Å². The molecule has 4 aliphatic rings. The highest BCUT2D eigenvalue weighted by Gasteiger charge is 2.39. The van der Waals surface area contributed by atoms with Crippen molar-refractivity contribution >= 4 is 76.9 Å². The summed E-state index contributed by atoms with van der Waals surface area (Å²) in [7, 11) is 12.6. The molecule has 7 atom stereocenters. The van der Waals surface area contributed by atoms with Crippen molar-refractivity contribution < 1.29 is 67.2 Å². The lowest BCUT2D eigenvalue weighted by Gasteiger charge is -2.42. The Kier molecular flexibility index (Phi) is 35.7. The van der Waals surface area contributed by atoms with Crippen LogP contribution in [0.5, 0.6) is 0 Å². The third kappa shape index (κ3) is 31.6. The van der Waals surface area contributed by atoms with Gasteiger partial charge in [-0.3, -0.25) is 29.8 Å². The van der Waals surface area contributed by atoms with Crippen LogP contribution < -0.4 is 26.6 Å². The van der Waals surface area contributed by atoms with Crippen LogP contribution in [0, 0.1) is 13.8 Å². The lowest BCUT2D eigenvalue weighted by Crippen LogP contribution is -2.49. The third-order valence-electron chi connectivity index (χ3n) is 18.7. The number of pyridine rings is 2. The van der Waals surface area contributed by atoms with Crippen LogP contribution in [0.3, 0.4) is 0 Å². The Morgan fingerprint density at radius 1 is 0.456 bits per heavy atom. The van der Waals surface area contributed by atoms with Crippen LogP contribution in [0.1, 0.15) is 199 Å². The largest absolute Gasteiger partial charge is 0.474 e. The number of rotatable bonds is 11. The SMILES string of the molecule is C.CC(C)(C)OC(=O)N1CCC(=O)CC1c1ccccc1.CN(C)[C@@H]1CCN(C(=O)OC(C)(C)C)[C@@H](c2ccccc2)C1.CN(C)[C@@H]1CCN[C@@H](c2ccccc2)C1.Cc1cc(NC(=O)C(=O)N2CC[C@@H](N(C)C)C[C@@H]2c2ccccc2)cnc1NC(=O)OC(C)(C)C.Cc1cc(NC(=O)C(=O)O)cnc1NC(=O)OC(C)(C)C. The molecule has 6 N–H and O–H groups in total. The van der Waals surface area contributed by atoms with Gasteiger partial charge in [0, 0.05) is 56.6 Å². The first-order chi connectivity index (χ1) is 52.9. The van der Waals surface area contributed by atoms with Crippen molar-refractivity contribution in [2.75, 3.05) is 89.7 Å². The van der Waals surface area contributed by atoms with Crippen LogP contribution >= 0.6 is 0 Å². The molecule has 4 aliphatic heterocycles. The van der Waals surface area contributed by atoms with E-state index in [4.69, 9.17) is 24.1 Å². The zero-order valence-electron chi connectivity index (χ0n) is 69.7. The minimum absolute atomic E-state index is 0. The van der Waals surface area contributed by atoms with E-state index < -0.39 is 58.3 Å². The minimum atomic E-state index is -1.59. The average molecular weight is 1580 g/mol. The minimum Gasteiger partial charge on any atom is -0.474 e. The molecule has 0 aliphatic carbocycles. The zero-order valence-corrected chi connectivity index (χ0v) is 69.7. The molecule has 10 rings (SSSR count). The second-order valence-corrected chi connectivity index (χ2v) is 33.2. The second kappa shape index (κ2) is 43.2. The summed E-state index contributed by atoms with van der Waals surface area (Å²) in [4.78, 5) is 128. The van der Waals surface area contributed by atoms with Crippen molar-refractivity contribution in [3.05, 3.63) is 179 Å².